The largest absolute Gasteiger partial charge is 0.417 e. The molecule has 2 aromatic rings. The van der Waals surface area contributed by atoms with E-state index < -0.39 is 11.7 Å². The van der Waals surface area contributed by atoms with Crippen molar-refractivity contribution in [2.24, 2.45) is 11.8 Å². The van der Waals surface area contributed by atoms with Gasteiger partial charge in [-0.15, -0.1) is 0 Å². The van der Waals surface area contributed by atoms with E-state index in [1.54, 1.807) is 4.90 Å². The Bertz CT molecular complexity index is 818. The van der Waals surface area contributed by atoms with E-state index in [2.05, 4.69) is 4.98 Å². The van der Waals surface area contributed by atoms with Crippen LogP contribution in [-0.4, -0.2) is 33.3 Å². The first kappa shape index (κ1) is 21.5. The molecule has 0 spiro atoms. The summed E-state index contributed by atoms with van der Waals surface area (Å²) in [6.07, 6.45) is -3.24. The molecule has 0 N–H and O–H groups in total. The molecule has 150 valence electrons. The van der Waals surface area contributed by atoms with Gasteiger partial charge in [-0.2, -0.15) is 13.2 Å². The Morgan fingerprint density at radius 3 is 2.22 bits per heavy atom. The average Bonchev–Trinajstić information content (AvgIpc) is 2.91. The number of alkyl halides is 3. The van der Waals surface area contributed by atoms with Crippen molar-refractivity contribution in [1.82, 2.24) is 14.3 Å². The summed E-state index contributed by atoms with van der Waals surface area (Å²) in [6, 6.07) is 0.845. The van der Waals surface area contributed by atoms with Gasteiger partial charge in [-0.3, -0.25) is 9.20 Å². The van der Waals surface area contributed by atoms with Crippen LogP contribution in [0.1, 0.15) is 56.4 Å². The first-order valence-electron chi connectivity index (χ1n) is 9.02. The van der Waals surface area contributed by atoms with Gasteiger partial charge in [-0.25, -0.2) is 4.98 Å². The van der Waals surface area contributed by atoms with E-state index in [4.69, 9.17) is 11.6 Å². The van der Waals surface area contributed by atoms with Crippen molar-refractivity contribution in [2.75, 3.05) is 13.1 Å². The van der Waals surface area contributed by atoms with Gasteiger partial charge >= 0.3 is 6.18 Å². The Labute approximate surface area is 162 Å². The molecule has 0 saturated carbocycles. The molecular weight excluding hydrogens is 379 g/mol. The van der Waals surface area contributed by atoms with Crippen LogP contribution in [0.25, 0.3) is 5.65 Å². The van der Waals surface area contributed by atoms with Crippen LogP contribution in [0.4, 0.5) is 13.2 Å². The number of aromatic nitrogens is 2. The Morgan fingerprint density at radius 1 is 1.22 bits per heavy atom. The van der Waals surface area contributed by atoms with Crippen molar-refractivity contribution in [2.45, 2.75) is 47.2 Å². The standard InChI is InChI=1S/C19H25ClF3N3O/c1-6-15-16(18(27)25(8-11(2)3)9-12(4)5)26-10-13(19(21,22)23)7-14(20)17(26)24-15/h7,10-12H,6,8-9H2,1-5H3. The van der Waals surface area contributed by atoms with Gasteiger partial charge in [0, 0.05) is 19.3 Å². The molecule has 0 fully saturated rings. The van der Waals surface area contributed by atoms with E-state index in [1.165, 1.54) is 4.40 Å². The van der Waals surface area contributed by atoms with E-state index >= 15 is 0 Å². The fraction of sp³-hybridized carbons (Fsp3) is 0.579. The zero-order valence-corrected chi connectivity index (χ0v) is 16.9. The topological polar surface area (TPSA) is 37.6 Å². The van der Waals surface area contributed by atoms with Crippen LogP contribution in [0.15, 0.2) is 12.3 Å². The van der Waals surface area contributed by atoms with Gasteiger partial charge in [0.05, 0.1) is 16.3 Å². The van der Waals surface area contributed by atoms with E-state index in [1.807, 2.05) is 34.6 Å². The molecule has 0 aliphatic heterocycles. The summed E-state index contributed by atoms with van der Waals surface area (Å²) in [4.78, 5) is 19.3. The third kappa shape index (κ3) is 4.75. The van der Waals surface area contributed by atoms with Crippen molar-refractivity contribution in [3.63, 3.8) is 0 Å². The highest BCUT2D eigenvalue weighted by atomic mass is 35.5. The highest BCUT2D eigenvalue weighted by Crippen LogP contribution is 2.33. The summed E-state index contributed by atoms with van der Waals surface area (Å²) in [7, 11) is 0. The summed E-state index contributed by atoms with van der Waals surface area (Å²) in [5.74, 6) is 0.134. The maximum absolute atomic E-state index is 13.3. The molecule has 0 aliphatic carbocycles. The Hall–Kier alpha value is -1.76. The van der Waals surface area contributed by atoms with Gasteiger partial charge in [0.25, 0.3) is 5.91 Å². The second kappa shape index (κ2) is 8.09. The SMILES string of the molecule is CCc1nc2c(Cl)cc(C(F)(F)F)cn2c1C(=O)N(CC(C)C)CC(C)C. The van der Waals surface area contributed by atoms with E-state index in [0.29, 0.717) is 25.2 Å². The molecule has 0 bridgehead atoms. The number of hydrogen-bond acceptors (Lipinski definition) is 2. The fourth-order valence-electron chi connectivity index (χ4n) is 3.05. The molecular formula is C19H25ClF3N3O. The summed E-state index contributed by atoms with van der Waals surface area (Å²) >= 11 is 6.06. The van der Waals surface area contributed by atoms with Crippen molar-refractivity contribution >= 4 is 23.2 Å². The average molecular weight is 404 g/mol. The highest BCUT2D eigenvalue weighted by molar-refractivity contribution is 6.33. The zero-order valence-electron chi connectivity index (χ0n) is 16.2. The normalized spacial score (nSPS) is 12.4. The lowest BCUT2D eigenvalue weighted by molar-refractivity contribution is -0.137. The maximum Gasteiger partial charge on any atom is 0.417 e. The lowest BCUT2D eigenvalue weighted by atomic mass is 10.1. The van der Waals surface area contributed by atoms with Crippen LogP contribution in [0.5, 0.6) is 0 Å². The van der Waals surface area contributed by atoms with Crippen LogP contribution in [0.2, 0.25) is 5.02 Å². The third-order valence-electron chi connectivity index (χ3n) is 4.07. The summed E-state index contributed by atoms with van der Waals surface area (Å²) in [5, 5.41) is -0.127. The van der Waals surface area contributed by atoms with Crippen LogP contribution in [0.3, 0.4) is 0 Å². The second-order valence-corrected chi connectivity index (χ2v) is 7.93. The van der Waals surface area contributed by atoms with Crippen molar-refractivity contribution in [1.29, 1.82) is 0 Å². The Kier molecular flexibility index (Phi) is 6.45. The summed E-state index contributed by atoms with van der Waals surface area (Å²) < 4.78 is 40.9. The molecule has 27 heavy (non-hydrogen) atoms. The van der Waals surface area contributed by atoms with Gasteiger partial charge in [-0.1, -0.05) is 46.2 Å². The fourth-order valence-corrected chi connectivity index (χ4v) is 3.30. The molecule has 0 saturated heterocycles. The summed E-state index contributed by atoms with van der Waals surface area (Å²) in [6.45, 7) is 10.8. The Balaban J connectivity index is 2.67. The maximum atomic E-state index is 13.3. The van der Waals surface area contributed by atoms with Crippen LogP contribution in [-0.2, 0) is 12.6 Å². The van der Waals surface area contributed by atoms with Crippen LogP contribution in [0, 0.1) is 11.8 Å². The molecule has 8 heteroatoms. The third-order valence-corrected chi connectivity index (χ3v) is 4.35. The molecule has 1 amide bonds. The predicted octanol–water partition coefficient (Wildman–Crippen LogP) is 5.32. The molecule has 0 unspecified atom stereocenters. The van der Waals surface area contributed by atoms with Gasteiger partial charge in [-0.05, 0) is 24.3 Å². The van der Waals surface area contributed by atoms with Crippen LogP contribution >= 0.6 is 11.6 Å². The molecule has 0 aliphatic rings. The molecule has 4 nitrogen and oxygen atoms in total. The first-order valence-corrected chi connectivity index (χ1v) is 9.40. The number of amides is 1. The molecule has 2 aromatic heterocycles. The molecule has 2 rings (SSSR count). The number of carbonyl (C=O) groups excluding carboxylic acids is 1. The van der Waals surface area contributed by atoms with Gasteiger partial charge in [0.15, 0.2) is 5.65 Å². The first-order chi connectivity index (χ1) is 12.5. The number of halogens is 4. The number of fused-ring (bicyclic) bond motifs is 1. The number of rotatable bonds is 6. The number of nitrogens with zero attached hydrogens (tertiary/aromatic N) is 3. The number of aryl methyl sites for hydroxylation is 1. The number of imidazole rings is 1. The minimum Gasteiger partial charge on any atom is -0.337 e. The lowest BCUT2D eigenvalue weighted by Gasteiger charge is -2.26. The smallest absolute Gasteiger partial charge is 0.337 e. The van der Waals surface area contributed by atoms with E-state index in [9.17, 15) is 18.0 Å². The number of hydrogen-bond donors (Lipinski definition) is 0. The van der Waals surface area contributed by atoms with Gasteiger partial charge in [0.2, 0.25) is 0 Å². The second-order valence-electron chi connectivity index (χ2n) is 7.53. The van der Waals surface area contributed by atoms with Gasteiger partial charge in [0.1, 0.15) is 5.69 Å². The van der Waals surface area contributed by atoms with E-state index in [0.717, 1.165) is 12.3 Å². The van der Waals surface area contributed by atoms with Crippen molar-refractivity contribution in [3.05, 3.63) is 34.2 Å². The zero-order chi connectivity index (χ0) is 20.5. The van der Waals surface area contributed by atoms with E-state index in [-0.39, 0.29) is 34.1 Å². The highest BCUT2D eigenvalue weighted by Gasteiger charge is 2.33. The molecule has 0 radical (unpaired) electrons. The summed E-state index contributed by atoms with van der Waals surface area (Å²) in [5.41, 5.74) is -0.146. The minimum atomic E-state index is -4.57. The number of pyridine rings is 1. The van der Waals surface area contributed by atoms with Gasteiger partial charge < -0.3 is 4.90 Å². The quantitative estimate of drug-likeness (QED) is 0.654. The Morgan fingerprint density at radius 2 is 1.78 bits per heavy atom. The van der Waals surface area contributed by atoms with Crippen molar-refractivity contribution in [3.8, 4) is 0 Å². The monoisotopic (exact) mass is 403 g/mol. The van der Waals surface area contributed by atoms with Crippen LogP contribution < -0.4 is 0 Å². The lowest BCUT2D eigenvalue weighted by Crippen LogP contribution is -2.38. The minimum absolute atomic E-state index is 0.127. The van der Waals surface area contributed by atoms with Crippen molar-refractivity contribution < 1.29 is 18.0 Å². The molecule has 2 heterocycles. The number of carbonyl (C=O) groups is 1. The predicted molar refractivity (Wildman–Crippen MR) is 100 cm³/mol. The molecule has 0 atom stereocenters. The molecule has 0 aromatic carbocycles.